The number of aromatic nitrogens is 6. The molecule has 0 saturated heterocycles. The average Bonchev–Trinajstić information content (AvgIpc) is 3.43. The Labute approximate surface area is 281 Å². The molecule has 10 heteroatoms. The Balaban J connectivity index is 1.16. The lowest BCUT2D eigenvalue weighted by molar-refractivity contribution is 0.448. The van der Waals surface area contributed by atoms with E-state index in [2.05, 4.69) is 20.2 Å². The predicted octanol–water partition coefficient (Wildman–Crippen LogP) is 9.54. The Hall–Kier alpha value is -6.81. The summed E-state index contributed by atoms with van der Waals surface area (Å²) in [5, 5.41) is 10.9. The highest BCUT2D eigenvalue weighted by Gasteiger charge is 2.18. The molecule has 0 atom stereocenters. The molecule has 0 aliphatic rings. The summed E-state index contributed by atoms with van der Waals surface area (Å²) in [6, 6.07) is 37.8. The van der Waals surface area contributed by atoms with Crippen LogP contribution in [0.3, 0.4) is 0 Å². The first kappa shape index (κ1) is 29.6. The molecule has 4 heterocycles. The van der Waals surface area contributed by atoms with Gasteiger partial charge in [0.1, 0.15) is 34.5 Å². The highest BCUT2D eigenvalue weighted by molar-refractivity contribution is 6.09. The van der Waals surface area contributed by atoms with E-state index < -0.39 is 0 Å². The van der Waals surface area contributed by atoms with Crippen LogP contribution in [0, 0.1) is 13.8 Å². The van der Waals surface area contributed by atoms with Gasteiger partial charge in [-0.25, -0.2) is 15.0 Å². The van der Waals surface area contributed by atoms with Gasteiger partial charge in [-0.15, -0.1) is 5.10 Å². The molecule has 4 aromatic carbocycles. The second-order valence-corrected chi connectivity index (χ2v) is 11.2. The van der Waals surface area contributed by atoms with Crippen LogP contribution in [0.5, 0.6) is 46.3 Å². The molecule has 0 unspecified atom stereocenters. The summed E-state index contributed by atoms with van der Waals surface area (Å²) in [5.74, 6) is 5.16. The van der Waals surface area contributed by atoms with E-state index >= 15 is 0 Å². The van der Waals surface area contributed by atoms with E-state index in [0.717, 1.165) is 33.2 Å². The molecule has 4 aromatic heterocycles. The van der Waals surface area contributed by atoms with Crippen LogP contribution in [0.25, 0.3) is 27.8 Å². The van der Waals surface area contributed by atoms with Crippen LogP contribution in [0.4, 0.5) is 0 Å². The number of ether oxygens (including phenoxy) is 4. The van der Waals surface area contributed by atoms with Gasteiger partial charge in [0.15, 0.2) is 0 Å². The van der Waals surface area contributed by atoms with Crippen molar-refractivity contribution in [3.63, 3.8) is 0 Å². The number of nitrogens with zero attached hydrogens (tertiary/aromatic N) is 6. The minimum Gasteiger partial charge on any atom is -0.457 e. The van der Waals surface area contributed by atoms with E-state index in [1.165, 1.54) is 0 Å². The average molecular weight is 645 g/mol. The third kappa shape index (κ3) is 6.30. The van der Waals surface area contributed by atoms with Gasteiger partial charge in [-0.2, -0.15) is 5.10 Å². The summed E-state index contributed by atoms with van der Waals surface area (Å²) in [6.07, 6.45) is 3.37. The fraction of sp³-hybridized carbons (Fsp3) is 0.0513. The number of pyridine rings is 2. The molecular weight excluding hydrogens is 616 g/mol. The molecule has 0 N–H and O–H groups in total. The quantitative estimate of drug-likeness (QED) is 0.152. The summed E-state index contributed by atoms with van der Waals surface area (Å²) in [4.78, 5) is 13.3. The maximum absolute atomic E-state index is 6.34. The van der Waals surface area contributed by atoms with Crippen molar-refractivity contribution in [2.24, 2.45) is 0 Å². The van der Waals surface area contributed by atoms with Gasteiger partial charge in [0.2, 0.25) is 11.8 Å². The topological polar surface area (TPSA) is 106 Å². The minimum absolute atomic E-state index is 0.439. The van der Waals surface area contributed by atoms with Crippen LogP contribution in [-0.4, -0.2) is 29.7 Å². The van der Waals surface area contributed by atoms with Crippen molar-refractivity contribution >= 4 is 21.8 Å². The number of aryl methyl sites for hydroxylation is 2. The van der Waals surface area contributed by atoms with Crippen molar-refractivity contribution in [2.75, 3.05) is 0 Å². The van der Waals surface area contributed by atoms with E-state index in [1.807, 2.05) is 128 Å². The molecule has 0 saturated carbocycles. The SMILES string of the molecule is Cc1nnc(-n2c3cc(Oc4cccc(Oc5ccccn5)c4)ccc3c3ccc(Oc4cccc(Oc5ccccn5)c4)cc32)nc1C. The fourth-order valence-electron chi connectivity index (χ4n) is 5.39. The first-order valence-corrected chi connectivity index (χ1v) is 15.6. The third-order valence-electron chi connectivity index (χ3n) is 7.79. The minimum atomic E-state index is 0.439. The van der Waals surface area contributed by atoms with Crippen LogP contribution in [-0.2, 0) is 0 Å². The second-order valence-electron chi connectivity index (χ2n) is 11.2. The van der Waals surface area contributed by atoms with Crippen molar-refractivity contribution in [1.82, 2.24) is 29.7 Å². The van der Waals surface area contributed by atoms with Crippen molar-refractivity contribution < 1.29 is 18.9 Å². The molecule has 0 amide bonds. The van der Waals surface area contributed by atoms with Gasteiger partial charge >= 0.3 is 0 Å². The maximum Gasteiger partial charge on any atom is 0.254 e. The Morgan fingerprint density at radius 2 is 0.939 bits per heavy atom. The Bertz CT molecular complexity index is 2290. The van der Waals surface area contributed by atoms with Crippen molar-refractivity contribution in [2.45, 2.75) is 13.8 Å². The maximum atomic E-state index is 6.34. The Morgan fingerprint density at radius 1 is 0.449 bits per heavy atom. The summed E-state index contributed by atoms with van der Waals surface area (Å²) in [5.41, 5.74) is 3.25. The Morgan fingerprint density at radius 3 is 1.41 bits per heavy atom. The van der Waals surface area contributed by atoms with Crippen molar-refractivity contribution in [3.8, 4) is 52.2 Å². The molecule has 8 aromatic rings. The molecule has 0 aliphatic carbocycles. The Kier molecular flexibility index (Phi) is 7.71. The van der Waals surface area contributed by atoms with Crippen LogP contribution >= 0.6 is 0 Å². The first-order chi connectivity index (χ1) is 24.1. The van der Waals surface area contributed by atoms with E-state index in [4.69, 9.17) is 23.9 Å². The molecule has 238 valence electrons. The van der Waals surface area contributed by atoms with Gasteiger partial charge in [-0.1, -0.05) is 24.3 Å². The number of fused-ring (bicyclic) bond motifs is 3. The predicted molar refractivity (Wildman–Crippen MR) is 185 cm³/mol. The normalized spacial score (nSPS) is 11.1. The van der Waals surface area contributed by atoms with E-state index in [0.29, 0.717) is 52.2 Å². The zero-order valence-corrected chi connectivity index (χ0v) is 26.5. The van der Waals surface area contributed by atoms with Gasteiger partial charge in [-0.05, 0) is 74.5 Å². The first-order valence-electron chi connectivity index (χ1n) is 15.6. The van der Waals surface area contributed by atoms with E-state index in [-0.39, 0.29) is 0 Å². The highest BCUT2D eigenvalue weighted by atomic mass is 16.5. The molecule has 0 aliphatic heterocycles. The van der Waals surface area contributed by atoms with Gasteiger partial charge < -0.3 is 18.9 Å². The molecule has 0 spiro atoms. The molecule has 0 bridgehead atoms. The fourth-order valence-corrected chi connectivity index (χ4v) is 5.39. The van der Waals surface area contributed by atoms with Crippen LogP contribution < -0.4 is 18.9 Å². The second kappa shape index (κ2) is 12.8. The van der Waals surface area contributed by atoms with Crippen LogP contribution in [0.1, 0.15) is 11.4 Å². The standard InChI is InChI=1S/C39H28N6O4/c1-25-26(2)43-44-39(42-25)45-35-23-31(46-27-9-7-11-29(21-27)48-37-13-3-5-19-40-37)15-17-33(35)34-18-16-32(24-36(34)45)47-28-10-8-12-30(22-28)49-38-14-4-6-20-41-38/h3-24H,1-2H3. The van der Waals surface area contributed by atoms with Crippen molar-refractivity contribution in [1.29, 1.82) is 0 Å². The molecule has 49 heavy (non-hydrogen) atoms. The van der Waals surface area contributed by atoms with Gasteiger partial charge in [-0.3, -0.25) is 4.57 Å². The van der Waals surface area contributed by atoms with Gasteiger partial charge in [0, 0.05) is 59.6 Å². The number of hydrogen-bond donors (Lipinski definition) is 0. The number of benzene rings is 4. The lowest BCUT2D eigenvalue weighted by atomic mass is 10.1. The zero-order chi connectivity index (χ0) is 33.2. The number of hydrogen-bond acceptors (Lipinski definition) is 9. The molecule has 10 nitrogen and oxygen atoms in total. The summed E-state index contributed by atoms with van der Waals surface area (Å²) in [7, 11) is 0. The largest absolute Gasteiger partial charge is 0.457 e. The summed E-state index contributed by atoms with van der Waals surface area (Å²) in [6.45, 7) is 3.81. The smallest absolute Gasteiger partial charge is 0.254 e. The molecular formula is C39H28N6O4. The van der Waals surface area contributed by atoms with E-state index in [1.54, 1.807) is 24.5 Å². The lowest BCUT2D eigenvalue weighted by Gasteiger charge is -2.11. The lowest BCUT2D eigenvalue weighted by Crippen LogP contribution is -2.06. The monoisotopic (exact) mass is 644 g/mol. The molecule has 8 rings (SSSR count). The number of rotatable bonds is 9. The molecule has 0 radical (unpaired) electrons. The highest BCUT2D eigenvalue weighted by Crippen LogP contribution is 2.38. The molecule has 0 fully saturated rings. The summed E-state index contributed by atoms with van der Waals surface area (Å²) >= 11 is 0. The van der Waals surface area contributed by atoms with Crippen LogP contribution in [0.2, 0.25) is 0 Å². The van der Waals surface area contributed by atoms with Gasteiger partial charge in [0.05, 0.1) is 22.4 Å². The van der Waals surface area contributed by atoms with E-state index in [9.17, 15) is 0 Å². The van der Waals surface area contributed by atoms with Gasteiger partial charge in [0.25, 0.3) is 5.95 Å². The van der Waals surface area contributed by atoms with Crippen LogP contribution in [0.15, 0.2) is 134 Å². The summed E-state index contributed by atoms with van der Waals surface area (Å²) < 4.78 is 26.5. The van der Waals surface area contributed by atoms with Crippen molar-refractivity contribution in [3.05, 3.63) is 145 Å². The zero-order valence-electron chi connectivity index (χ0n) is 26.5. The third-order valence-corrected chi connectivity index (χ3v) is 7.79.